The van der Waals surface area contributed by atoms with Crippen molar-refractivity contribution < 1.29 is 8.42 Å². The summed E-state index contributed by atoms with van der Waals surface area (Å²) in [5.41, 5.74) is 0.639. The molecule has 0 unspecified atom stereocenters. The van der Waals surface area contributed by atoms with E-state index in [9.17, 15) is 8.42 Å². The minimum Gasteiger partial charge on any atom is -0.255 e. The summed E-state index contributed by atoms with van der Waals surface area (Å²) in [6.45, 7) is 1.71. The molecule has 1 aromatic heterocycles. The summed E-state index contributed by atoms with van der Waals surface area (Å²) >= 11 is 13.0. The fraction of sp³-hybridized carbons (Fsp3) is 0.100. The van der Waals surface area contributed by atoms with Crippen LogP contribution >= 0.6 is 34.5 Å². The Balaban J connectivity index is 2.44. The number of benzene rings is 1. The first kappa shape index (κ1) is 13.6. The average molecular weight is 323 g/mol. The van der Waals surface area contributed by atoms with Crippen LogP contribution in [-0.2, 0) is 10.0 Å². The highest BCUT2D eigenvalue weighted by atomic mass is 35.5. The topological polar surface area (TPSA) is 59.1 Å². The van der Waals surface area contributed by atoms with Gasteiger partial charge in [0.25, 0.3) is 10.0 Å². The molecule has 4 nitrogen and oxygen atoms in total. The molecule has 0 aliphatic carbocycles. The number of nitrogens with zero attached hydrogens (tertiary/aromatic N) is 1. The lowest BCUT2D eigenvalue weighted by molar-refractivity contribution is 0.601. The van der Waals surface area contributed by atoms with Gasteiger partial charge < -0.3 is 0 Å². The van der Waals surface area contributed by atoms with Gasteiger partial charge in [0.1, 0.15) is 4.90 Å². The Morgan fingerprint density at radius 2 is 2.00 bits per heavy atom. The maximum Gasteiger partial charge on any atom is 0.265 e. The van der Waals surface area contributed by atoms with Gasteiger partial charge in [-0.25, -0.2) is 13.4 Å². The number of rotatable bonds is 3. The number of aryl methyl sites for hydroxylation is 1. The van der Waals surface area contributed by atoms with E-state index < -0.39 is 10.0 Å². The minimum atomic E-state index is -3.75. The van der Waals surface area contributed by atoms with Crippen molar-refractivity contribution in [2.75, 3.05) is 4.72 Å². The van der Waals surface area contributed by atoms with E-state index in [1.54, 1.807) is 12.3 Å². The molecule has 1 heterocycles. The first-order valence-electron chi connectivity index (χ1n) is 4.78. The second kappa shape index (κ2) is 5.05. The molecule has 0 fully saturated rings. The molecule has 0 bridgehead atoms. The minimum absolute atomic E-state index is 0.0127. The molecule has 0 atom stereocenters. The molecule has 0 saturated carbocycles. The lowest BCUT2D eigenvalue weighted by atomic mass is 10.2. The quantitative estimate of drug-likeness (QED) is 0.939. The summed E-state index contributed by atoms with van der Waals surface area (Å²) in [4.78, 5) is 3.84. The molecule has 8 heteroatoms. The highest BCUT2D eigenvalue weighted by Gasteiger charge is 2.20. The van der Waals surface area contributed by atoms with Crippen LogP contribution < -0.4 is 4.72 Å². The van der Waals surface area contributed by atoms with E-state index in [1.807, 2.05) is 0 Å². The van der Waals surface area contributed by atoms with Crippen molar-refractivity contribution in [3.63, 3.8) is 0 Å². The molecule has 1 N–H and O–H groups in total. The summed E-state index contributed by atoms with van der Waals surface area (Å²) in [6, 6.07) is 2.84. The van der Waals surface area contributed by atoms with E-state index >= 15 is 0 Å². The van der Waals surface area contributed by atoms with E-state index in [1.165, 1.54) is 29.7 Å². The van der Waals surface area contributed by atoms with Crippen molar-refractivity contribution >= 4 is 49.7 Å². The molecule has 18 heavy (non-hydrogen) atoms. The Morgan fingerprint density at radius 3 is 2.61 bits per heavy atom. The molecule has 0 aliphatic heterocycles. The monoisotopic (exact) mass is 322 g/mol. The highest BCUT2D eigenvalue weighted by molar-refractivity contribution is 7.93. The van der Waals surface area contributed by atoms with Gasteiger partial charge in [-0.15, -0.1) is 11.3 Å². The van der Waals surface area contributed by atoms with Crippen molar-refractivity contribution in [3.8, 4) is 0 Å². The number of anilines is 1. The SMILES string of the molecule is Cc1cc(S(=O)(=O)Nc2nccs2)c(Cl)cc1Cl. The second-order valence-corrected chi connectivity index (χ2v) is 6.83. The molecule has 2 aromatic rings. The first-order chi connectivity index (χ1) is 8.40. The Labute approximate surface area is 119 Å². The molecule has 0 aliphatic rings. The van der Waals surface area contributed by atoms with Gasteiger partial charge in [0, 0.05) is 16.6 Å². The zero-order chi connectivity index (χ0) is 13.3. The fourth-order valence-corrected chi connectivity index (χ4v) is 3.90. The Hall–Kier alpha value is -0.820. The Bertz CT molecular complexity index is 669. The third-order valence-electron chi connectivity index (χ3n) is 2.16. The van der Waals surface area contributed by atoms with Gasteiger partial charge in [-0.05, 0) is 24.6 Å². The van der Waals surface area contributed by atoms with Crippen LogP contribution in [0.25, 0.3) is 0 Å². The van der Waals surface area contributed by atoms with E-state index in [2.05, 4.69) is 9.71 Å². The molecule has 96 valence electrons. The first-order valence-corrected chi connectivity index (χ1v) is 7.90. The number of aromatic nitrogens is 1. The van der Waals surface area contributed by atoms with Crippen molar-refractivity contribution in [2.24, 2.45) is 0 Å². The number of hydrogen-bond acceptors (Lipinski definition) is 4. The number of halogens is 2. The van der Waals surface area contributed by atoms with E-state index in [4.69, 9.17) is 23.2 Å². The van der Waals surface area contributed by atoms with Gasteiger partial charge in [0.05, 0.1) is 5.02 Å². The van der Waals surface area contributed by atoms with Crippen molar-refractivity contribution in [2.45, 2.75) is 11.8 Å². The second-order valence-electron chi connectivity index (χ2n) is 3.47. The number of hydrogen-bond donors (Lipinski definition) is 1. The van der Waals surface area contributed by atoms with E-state index in [-0.39, 0.29) is 9.92 Å². The predicted octanol–water partition coefficient (Wildman–Crippen LogP) is 3.56. The van der Waals surface area contributed by atoms with Gasteiger partial charge >= 0.3 is 0 Å². The van der Waals surface area contributed by atoms with Crippen molar-refractivity contribution in [1.29, 1.82) is 0 Å². The summed E-state index contributed by atoms with van der Waals surface area (Å²) < 4.78 is 26.6. The van der Waals surface area contributed by atoms with Gasteiger partial charge in [0.2, 0.25) is 0 Å². The Kier molecular flexibility index (Phi) is 3.82. The molecule has 1 aromatic carbocycles. The molecule has 0 radical (unpaired) electrons. The number of sulfonamides is 1. The molecular formula is C10H8Cl2N2O2S2. The zero-order valence-corrected chi connectivity index (χ0v) is 12.3. The molecular weight excluding hydrogens is 315 g/mol. The summed E-state index contributed by atoms with van der Waals surface area (Å²) in [5, 5.41) is 2.47. The van der Waals surface area contributed by atoms with Gasteiger partial charge in [0.15, 0.2) is 5.13 Å². The van der Waals surface area contributed by atoms with E-state index in [0.717, 1.165) is 0 Å². The van der Waals surface area contributed by atoms with Crippen molar-refractivity contribution in [3.05, 3.63) is 39.3 Å². The average Bonchev–Trinajstić information content (AvgIpc) is 2.75. The van der Waals surface area contributed by atoms with Crippen LogP contribution in [0.3, 0.4) is 0 Å². The Morgan fingerprint density at radius 1 is 1.28 bits per heavy atom. The summed E-state index contributed by atoms with van der Waals surface area (Å²) in [6.07, 6.45) is 1.51. The summed E-state index contributed by atoms with van der Waals surface area (Å²) in [7, 11) is -3.75. The molecule has 0 saturated heterocycles. The van der Waals surface area contributed by atoms with E-state index in [0.29, 0.717) is 15.7 Å². The van der Waals surface area contributed by atoms with Gasteiger partial charge in [-0.3, -0.25) is 4.72 Å². The van der Waals surface area contributed by atoms with Crippen LogP contribution in [-0.4, -0.2) is 13.4 Å². The van der Waals surface area contributed by atoms with Crippen molar-refractivity contribution in [1.82, 2.24) is 4.98 Å². The predicted molar refractivity (Wildman–Crippen MR) is 74.1 cm³/mol. The summed E-state index contributed by atoms with van der Waals surface area (Å²) in [5.74, 6) is 0. The largest absolute Gasteiger partial charge is 0.265 e. The standard InChI is InChI=1S/C10H8Cl2N2O2S2/c1-6-4-9(8(12)5-7(6)11)18(15,16)14-10-13-2-3-17-10/h2-5H,1H3,(H,13,14). The fourth-order valence-electron chi connectivity index (χ4n) is 1.28. The lowest BCUT2D eigenvalue weighted by Crippen LogP contribution is -2.13. The van der Waals surface area contributed by atoms with Crippen LogP contribution in [0.5, 0.6) is 0 Å². The van der Waals surface area contributed by atoms with Crippen LogP contribution in [0, 0.1) is 6.92 Å². The van der Waals surface area contributed by atoms with Crippen LogP contribution in [0.15, 0.2) is 28.6 Å². The number of thiazole rings is 1. The third kappa shape index (κ3) is 2.77. The number of nitrogens with one attached hydrogen (secondary N) is 1. The lowest BCUT2D eigenvalue weighted by Gasteiger charge is -2.09. The third-order valence-corrected chi connectivity index (χ3v) is 5.19. The zero-order valence-electron chi connectivity index (χ0n) is 9.15. The maximum atomic E-state index is 12.1. The van der Waals surface area contributed by atoms with Crippen LogP contribution in [0.1, 0.15) is 5.56 Å². The molecule has 2 rings (SSSR count). The smallest absolute Gasteiger partial charge is 0.255 e. The van der Waals surface area contributed by atoms with Gasteiger partial charge in [-0.2, -0.15) is 0 Å². The van der Waals surface area contributed by atoms with Crippen LogP contribution in [0.4, 0.5) is 5.13 Å². The highest BCUT2D eigenvalue weighted by Crippen LogP contribution is 2.29. The van der Waals surface area contributed by atoms with Gasteiger partial charge in [-0.1, -0.05) is 23.2 Å². The molecule has 0 spiro atoms. The maximum absolute atomic E-state index is 12.1. The molecule has 0 amide bonds. The normalized spacial score (nSPS) is 11.5. The van der Waals surface area contributed by atoms with Crippen LogP contribution in [0.2, 0.25) is 10.0 Å².